The van der Waals surface area contributed by atoms with Gasteiger partial charge in [-0.2, -0.15) is 4.31 Å². The Morgan fingerprint density at radius 1 is 1.37 bits per heavy atom. The Bertz CT molecular complexity index is 516. The van der Waals surface area contributed by atoms with Crippen molar-refractivity contribution in [2.45, 2.75) is 50.0 Å². The summed E-state index contributed by atoms with van der Waals surface area (Å²) >= 11 is 5.60. The van der Waals surface area contributed by atoms with Gasteiger partial charge in [-0.3, -0.25) is 0 Å². The fraction of sp³-hybridized carbons (Fsp3) is 0.667. The van der Waals surface area contributed by atoms with E-state index in [4.69, 9.17) is 11.6 Å². The van der Waals surface area contributed by atoms with Crippen molar-refractivity contribution in [3.05, 3.63) is 17.7 Å². The predicted molar refractivity (Wildman–Crippen MR) is 73.5 cm³/mol. The van der Waals surface area contributed by atoms with Crippen molar-refractivity contribution in [3.8, 4) is 0 Å². The second-order valence-electron chi connectivity index (χ2n) is 4.74. The number of rotatable bonds is 4. The van der Waals surface area contributed by atoms with Crippen LogP contribution >= 0.6 is 11.6 Å². The van der Waals surface area contributed by atoms with Crippen LogP contribution in [0, 0.1) is 0 Å². The third-order valence-electron chi connectivity index (χ3n) is 3.40. The molecule has 0 radical (unpaired) electrons. The number of nitrogens with zero attached hydrogens (tertiary/aromatic N) is 3. The first-order chi connectivity index (χ1) is 9.05. The van der Waals surface area contributed by atoms with Crippen molar-refractivity contribution in [1.29, 1.82) is 0 Å². The smallest absolute Gasteiger partial charge is 0.225 e. The minimum atomic E-state index is -3.50. The lowest BCUT2D eigenvalue weighted by atomic mass is 10.0. The summed E-state index contributed by atoms with van der Waals surface area (Å²) in [5.74, 6) is 0. The van der Waals surface area contributed by atoms with E-state index in [0.717, 1.165) is 32.1 Å². The number of sulfonamides is 1. The average Bonchev–Trinajstić information content (AvgIpc) is 2.40. The van der Waals surface area contributed by atoms with Crippen LogP contribution < -0.4 is 0 Å². The van der Waals surface area contributed by atoms with E-state index in [1.807, 2.05) is 0 Å². The lowest BCUT2D eigenvalue weighted by Gasteiger charge is -2.34. The van der Waals surface area contributed by atoms with Crippen LogP contribution in [-0.4, -0.2) is 35.3 Å². The van der Waals surface area contributed by atoms with E-state index in [-0.39, 0.29) is 16.2 Å². The van der Waals surface area contributed by atoms with Crippen molar-refractivity contribution < 1.29 is 8.42 Å². The van der Waals surface area contributed by atoms with Gasteiger partial charge in [0.25, 0.3) is 0 Å². The molecule has 1 aromatic heterocycles. The molecular weight excluding hydrogens is 286 g/mol. The zero-order chi connectivity index (χ0) is 13.9. The van der Waals surface area contributed by atoms with Gasteiger partial charge in [-0.15, -0.1) is 0 Å². The molecule has 2 rings (SSSR count). The first-order valence-electron chi connectivity index (χ1n) is 6.55. The lowest BCUT2D eigenvalue weighted by molar-refractivity contribution is 0.239. The Labute approximate surface area is 119 Å². The van der Waals surface area contributed by atoms with Crippen LogP contribution in [0.4, 0.5) is 0 Å². The maximum atomic E-state index is 12.6. The van der Waals surface area contributed by atoms with Crippen molar-refractivity contribution >= 4 is 21.6 Å². The summed E-state index contributed by atoms with van der Waals surface area (Å²) in [6.45, 7) is 2.65. The molecule has 1 atom stereocenters. The predicted octanol–water partition coefficient (Wildman–Crippen LogP) is 2.47. The molecule has 0 aromatic carbocycles. The quantitative estimate of drug-likeness (QED) is 0.802. The third kappa shape index (κ3) is 3.24. The molecule has 2 heterocycles. The topological polar surface area (TPSA) is 63.2 Å². The van der Waals surface area contributed by atoms with E-state index < -0.39 is 10.0 Å². The van der Waals surface area contributed by atoms with E-state index in [2.05, 4.69) is 16.9 Å². The Kier molecular flexibility index (Phi) is 4.76. The van der Waals surface area contributed by atoms with Crippen LogP contribution in [0.15, 0.2) is 17.3 Å². The molecule has 1 fully saturated rings. The highest BCUT2D eigenvalue weighted by Gasteiger charge is 2.33. The van der Waals surface area contributed by atoms with Gasteiger partial charge in [0.05, 0.1) is 12.4 Å². The fourth-order valence-electron chi connectivity index (χ4n) is 2.48. The van der Waals surface area contributed by atoms with Gasteiger partial charge < -0.3 is 0 Å². The second kappa shape index (κ2) is 6.15. The molecule has 1 saturated heterocycles. The SMILES string of the molecule is CCCC1CCCCN1S(=O)(=O)c1cnc(Cl)nc1. The van der Waals surface area contributed by atoms with E-state index >= 15 is 0 Å². The molecule has 0 saturated carbocycles. The highest BCUT2D eigenvalue weighted by Crippen LogP contribution is 2.27. The van der Waals surface area contributed by atoms with Crippen LogP contribution in [0.5, 0.6) is 0 Å². The van der Waals surface area contributed by atoms with Gasteiger partial charge in [-0.25, -0.2) is 18.4 Å². The van der Waals surface area contributed by atoms with Crippen molar-refractivity contribution in [2.75, 3.05) is 6.54 Å². The molecule has 5 nitrogen and oxygen atoms in total. The molecule has 0 aliphatic carbocycles. The maximum absolute atomic E-state index is 12.6. The summed E-state index contributed by atoms with van der Waals surface area (Å²) in [6, 6.07) is 0.0967. The molecular formula is C12H18ClN3O2S. The summed E-state index contributed by atoms with van der Waals surface area (Å²) in [5.41, 5.74) is 0. The first kappa shape index (κ1) is 14.7. The maximum Gasteiger partial charge on any atom is 0.246 e. The molecule has 106 valence electrons. The van der Waals surface area contributed by atoms with Gasteiger partial charge in [0.1, 0.15) is 4.90 Å². The Hall–Kier alpha value is -0.720. The number of hydrogen-bond acceptors (Lipinski definition) is 4. The molecule has 1 unspecified atom stereocenters. The third-order valence-corrected chi connectivity index (χ3v) is 5.50. The molecule has 19 heavy (non-hydrogen) atoms. The molecule has 0 N–H and O–H groups in total. The van der Waals surface area contributed by atoms with Crippen molar-refractivity contribution in [1.82, 2.24) is 14.3 Å². The minimum absolute atomic E-state index is 0.0581. The van der Waals surface area contributed by atoms with Crippen molar-refractivity contribution in [3.63, 3.8) is 0 Å². The highest BCUT2D eigenvalue weighted by atomic mass is 35.5. The molecule has 7 heteroatoms. The highest BCUT2D eigenvalue weighted by molar-refractivity contribution is 7.89. The van der Waals surface area contributed by atoms with Gasteiger partial charge in [0, 0.05) is 12.6 Å². The number of hydrogen-bond donors (Lipinski definition) is 0. The number of halogens is 1. The zero-order valence-corrected chi connectivity index (χ0v) is 12.5. The van der Waals surface area contributed by atoms with E-state index in [9.17, 15) is 8.42 Å². The minimum Gasteiger partial charge on any atom is -0.225 e. The van der Waals surface area contributed by atoms with E-state index in [1.54, 1.807) is 4.31 Å². The molecule has 0 bridgehead atoms. The van der Waals surface area contributed by atoms with Gasteiger partial charge >= 0.3 is 0 Å². The van der Waals surface area contributed by atoms with E-state index in [1.165, 1.54) is 12.4 Å². The lowest BCUT2D eigenvalue weighted by Crippen LogP contribution is -2.43. The monoisotopic (exact) mass is 303 g/mol. The molecule has 1 aliphatic rings. The van der Waals surface area contributed by atoms with Crippen molar-refractivity contribution in [2.24, 2.45) is 0 Å². The summed E-state index contributed by atoms with van der Waals surface area (Å²) < 4.78 is 26.8. The Morgan fingerprint density at radius 2 is 2.05 bits per heavy atom. The van der Waals surface area contributed by atoms with Crippen LogP contribution in [-0.2, 0) is 10.0 Å². The van der Waals surface area contributed by atoms with Gasteiger partial charge in [0.15, 0.2) is 0 Å². The standard InChI is InChI=1S/C12H18ClN3O2S/c1-2-5-10-6-3-4-7-16(10)19(17,18)11-8-14-12(13)15-9-11/h8-10H,2-7H2,1H3. The van der Waals surface area contributed by atoms with Crippen LogP contribution in [0.2, 0.25) is 5.28 Å². The average molecular weight is 304 g/mol. The molecule has 0 spiro atoms. The number of piperidine rings is 1. The first-order valence-corrected chi connectivity index (χ1v) is 8.37. The normalized spacial score (nSPS) is 21.5. The molecule has 1 aromatic rings. The largest absolute Gasteiger partial charge is 0.246 e. The Balaban J connectivity index is 2.28. The summed E-state index contributed by atoms with van der Waals surface area (Å²) in [6.07, 6.45) is 7.37. The van der Waals surface area contributed by atoms with Gasteiger partial charge in [-0.05, 0) is 30.9 Å². The summed E-state index contributed by atoms with van der Waals surface area (Å²) in [7, 11) is -3.50. The molecule has 1 aliphatic heterocycles. The van der Waals surface area contributed by atoms with Crippen LogP contribution in [0.3, 0.4) is 0 Å². The summed E-state index contributed by atoms with van der Waals surface area (Å²) in [5, 5.41) is 0.0581. The van der Waals surface area contributed by atoms with Gasteiger partial charge in [0.2, 0.25) is 15.3 Å². The van der Waals surface area contributed by atoms with Gasteiger partial charge in [-0.1, -0.05) is 19.8 Å². The fourth-order valence-corrected chi connectivity index (χ4v) is 4.19. The zero-order valence-electron chi connectivity index (χ0n) is 10.9. The van der Waals surface area contributed by atoms with Crippen LogP contribution in [0.25, 0.3) is 0 Å². The Morgan fingerprint density at radius 3 is 2.68 bits per heavy atom. The second-order valence-corrected chi connectivity index (χ2v) is 6.97. The van der Waals surface area contributed by atoms with E-state index in [0.29, 0.717) is 6.54 Å². The molecule has 0 amide bonds. The van der Waals surface area contributed by atoms with Crippen LogP contribution in [0.1, 0.15) is 39.0 Å². The number of aromatic nitrogens is 2. The summed E-state index contributed by atoms with van der Waals surface area (Å²) in [4.78, 5) is 7.64.